The van der Waals surface area contributed by atoms with Gasteiger partial charge in [0.25, 0.3) is 0 Å². The predicted molar refractivity (Wildman–Crippen MR) is 58.3 cm³/mol. The molecule has 1 aromatic rings. The van der Waals surface area contributed by atoms with Gasteiger partial charge in [-0.2, -0.15) is 0 Å². The van der Waals surface area contributed by atoms with Crippen molar-refractivity contribution in [3.05, 3.63) is 15.6 Å². The number of thiazole rings is 1. The molecule has 0 aliphatic carbocycles. The van der Waals surface area contributed by atoms with Gasteiger partial charge < -0.3 is 5.32 Å². The Morgan fingerprint density at radius 2 is 1.85 bits per heavy atom. The molecule has 1 N–H and O–H groups in total. The molecule has 1 aromatic heterocycles. The highest BCUT2D eigenvalue weighted by Gasteiger charge is 2.11. The lowest BCUT2D eigenvalue weighted by Gasteiger charge is -2.13. The second-order valence-electron chi connectivity index (χ2n) is 3.74. The van der Waals surface area contributed by atoms with Crippen molar-refractivity contribution in [2.24, 2.45) is 0 Å². The van der Waals surface area contributed by atoms with E-state index in [1.165, 1.54) is 9.88 Å². The Kier molecular flexibility index (Phi) is 3.45. The normalized spacial score (nSPS) is 13.7. The molecule has 0 radical (unpaired) electrons. The fourth-order valence-electron chi connectivity index (χ4n) is 1.25. The Morgan fingerprint density at radius 1 is 1.23 bits per heavy atom. The van der Waals surface area contributed by atoms with E-state index >= 15 is 0 Å². The second kappa shape index (κ2) is 4.20. The van der Waals surface area contributed by atoms with Gasteiger partial charge in [0.2, 0.25) is 0 Å². The number of hydrogen-bond donors (Lipinski definition) is 1. The van der Waals surface area contributed by atoms with Crippen molar-refractivity contribution in [2.45, 2.75) is 46.7 Å². The van der Waals surface area contributed by atoms with Crippen molar-refractivity contribution in [1.29, 1.82) is 0 Å². The fraction of sp³-hybridized carbons (Fsp3) is 0.700. The van der Waals surface area contributed by atoms with Gasteiger partial charge in [-0.1, -0.05) is 13.8 Å². The van der Waals surface area contributed by atoms with Crippen LogP contribution < -0.4 is 5.32 Å². The molecular formula is C10H18N2S. The van der Waals surface area contributed by atoms with E-state index in [0.29, 0.717) is 12.1 Å². The molecule has 0 amide bonds. The van der Waals surface area contributed by atoms with Crippen LogP contribution in [0.1, 0.15) is 42.4 Å². The first-order chi connectivity index (χ1) is 6.00. The van der Waals surface area contributed by atoms with E-state index in [1.54, 1.807) is 11.3 Å². The molecular weight excluding hydrogens is 180 g/mol. The lowest BCUT2D eigenvalue weighted by molar-refractivity contribution is 0.504. The summed E-state index contributed by atoms with van der Waals surface area (Å²) in [5, 5.41) is 4.65. The highest BCUT2D eigenvalue weighted by molar-refractivity contribution is 7.11. The summed E-state index contributed by atoms with van der Waals surface area (Å²) < 4.78 is 0. The Labute approximate surface area is 84.4 Å². The topological polar surface area (TPSA) is 24.9 Å². The molecule has 0 fully saturated rings. The first kappa shape index (κ1) is 10.7. The van der Waals surface area contributed by atoms with E-state index in [1.807, 2.05) is 0 Å². The van der Waals surface area contributed by atoms with E-state index in [4.69, 9.17) is 0 Å². The molecule has 0 aromatic carbocycles. The lowest BCUT2D eigenvalue weighted by atomic mass is 10.3. The van der Waals surface area contributed by atoms with Crippen LogP contribution in [0.2, 0.25) is 0 Å². The molecule has 1 heterocycles. The number of hydrogen-bond acceptors (Lipinski definition) is 3. The molecule has 3 heteroatoms. The minimum Gasteiger partial charge on any atom is -0.306 e. The van der Waals surface area contributed by atoms with Gasteiger partial charge in [0, 0.05) is 10.9 Å². The number of aryl methyl sites for hydroxylation is 2. The first-order valence-electron chi connectivity index (χ1n) is 4.70. The van der Waals surface area contributed by atoms with Crippen molar-refractivity contribution in [3.8, 4) is 0 Å². The van der Waals surface area contributed by atoms with Crippen molar-refractivity contribution < 1.29 is 0 Å². The average molecular weight is 198 g/mol. The third-order valence-corrected chi connectivity index (χ3v) is 3.25. The van der Waals surface area contributed by atoms with Crippen LogP contribution in [0.4, 0.5) is 0 Å². The summed E-state index contributed by atoms with van der Waals surface area (Å²) in [4.78, 5) is 5.85. The summed E-state index contributed by atoms with van der Waals surface area (Å²) in [5.41, 5.74) is 1.16. The van der Waals surface area contributed by atoms with Crippen LogP contribution in [0.3, 0.4) is 0 Å². The average Bonchev–Trinajstić information content (AvgIpc) is 2.31. The SMILES string of the molecule is Cc1nc(C(C)NC(C)C)sc1C. The number of nitrogens with one attached hydrogen (secondary N) is 1. The monoisotopic (exact) mass is 198 g/mol. The molecule has 0 bridgehead atoms. The maximum Gasteiger partial charge on any atom is 0.110 e. The third kappa shape index (κ3) is 2.78. The zero-order valence-electron chi connectivity index (χ0n) is 9.01. The molecule has 0 saturated heterocycles. The smallest absolute Gasteiger partial charge is 0.110 e. The first-order valence-corrected chi connectivity index (χ1v) is 5.52. The molecule has 0 aliphatic heterocycles. The zero-order chi connectivity index (χ0) is 10.0. The largest absolute Gasteiger partial charge is 0.306 e. The van der Waals surface area contributed by atoms with E-state index in [0.717, 1.165) is 5.69 Å². The third-order valence-electron chi connectivity index (χ3n) is 2.00. The summed E-state index contributed by atoms with van der Waals surface area (Å²) in [6, 6.07) is 0.886. The Hall–Kier alpha value is -0.410. The quantitative estimate of drug-likeness (QED) is 0.808. The molecule has 2 nitrogen and oxygen atoms in total. The summed E-state index contributed by atoms with van der Waals surface area (Å²) in [6.07, 6.45) is 0. The van der Waals surface area contributed by atoms with E-state index < -0.39 is 0 Å². The molecule has 74 valence electrons. The maximum absolute atomic E-state index is 4.52. The van der Waals surface area contributed by atoms with Crippen molar-refractivity contribution in [3.63, 3.8) is 0 Å². The van der Waals surface area contributed by atoms with Crippen molar-refractivity contribution >= 4 is 11.3 Å². The Balaban J connectivity index is 2.71. The highest BCUT2D eigenvalue weighted by atomic mass is 32.1. The van der Waals surface area contributed by atoms with Crippen LogP contribution in [0.25, 0.3) is 0 Å². The van der Waals surface area contributed by atoms with E-state index in [9.17, 15) is 0 Å². The minimum absolute atomic E-state index is 0.373. The van der Waals surface area contributed by atoms with Crippen molar-refractivity contribution in [1.82, 2.24) is 10.3 Å². The van der Waals surface area contributed by atoms with Gasteiger partial charge in [-0.05, 0) is 20.8 Å². The van der Waals surface area contributed by atoms with Gasteiger partial charge in [-0.3, -0.25) is 0 Å². The molecule has 0 spiro atoms. The van der Waals surface area contributed by atoms with Crippen LogP contribution in [-0.2, 0) is 0 Å². The molecule has 1 atom stereocenters. The van der Waals surface area contributed by atoms with Gasteiger partial charge in [0.1, 0.15) is 5.01 Å². The van der Waals surface area contributed by atoms with Gasteiger partial charge in [-0.15, -0.1) is 11.3 Å². The minimum atomic E-state index is 0.373. The Morgan fingerprint density at radius 3 is 2.23 bits per heavy atom. The summed E-state index contributed by atoms with van der Waals surface area (Å²) in [6.45, 7) is 10.7. The molecule has 0 aliphatic rings. The number of aromatic nitrogens is 1. The van der Waals surface area contributed by atoms with Crippen LogP contribution in [0, 0.1) is 13.8 Å². The van der Waals surface area contributed by atoms with Gasteiger partial charge in [0.05, 0.1) is 11.7 Å². The summed E-state index contributed by atoms with van der Waals surface area (Å²) in [7, 11) is 0. The van der Waals surface area contributed by atoms with Crippen LogP contribution in [0.15, 0.2) is 0 Å². The predicted octanol–water partition coefficient (Wildman–Crippen LogP) is 2.82. The second-order valence-corrected chi connectivity index (χ2v) is 4.97. The molecule has 0 saturated carbocycles. The summed E-state index contributed by atoms with van der Waals surface area (Å²) >= 11 is 1.79. The van der Waals surface area contributed by atoms with Crippen LogP contribution >= 0.6 is 11.3 Å². The van der Waals surface area contributed by atoms with Crippen LogP contribution in [0.5, 0.6) is 0 Å². The summed E-state index contributed by atoms with van der Waals surface area (Å²) in [5.74, 6) is 0. The van der Waals surface area contributed by atoms with Gasteiger partial charge in [-0.25, -0.2) is 4.98 Å². The lowest BCUT2D eigenvalue weighted by Crippen LogP contribution is -2.25. The zero-order valence-corrected chi connectivity index (χ0v) is 9.83. The number of nitrogens with zero attached hydrogens (tertiary/aromatic N) is 1. The van der Waals surface area contributed by atoms with E-state index in [-0.39, 0.29) is 0 Å². The van der Waals surface area contributed by atoms with E-state index in [2.05, 4.69) is 44.9 Å². The van der Waals surface area contributed by atoms with Crippen LogP contribution in [-0.4, -0.2) is 11.0 Å². The standard InChI is InChI=1S/C10H18N2S/c1-6(2)11-8(4)10-12-7(3)9(5)13-10/h6,8,11H,1-5H3. The Bertz CT molecular complexity index is 259. The maximum atomic E-state index is 4.52. The van der Waals surface area contributed by atoms with Gasteiger partial charge >= 0.3 is 0 Å². The highest BCUT2D eigenvalue weighted by Crippen LogP contribution is 2.22. The van der Waals surface area contributed by atoms with Gasteiger partial charge in [0.15, 0.2) is 0 Å². The number of rotatable bonds is 3. The van der Waals surface area contributed by atoms with Crippen molar-refractivity contribution in [2.75, 3.05) is 0 Å². The molecule has 1 unspecified atom stereocenters. The molecule has 1 rings (SSSR count). The molecule has 13 heavy (non-hydrogen) atoms. The fourth-order valence-corrected chi connectivity index (χ4v) is 2.19.